The molecule has 0 aliphatic heterocycles. The smallest absolute Gasteiger partial charge is 0.242 e. The Bertz CT molecular complexity index is 1070. The van der Waals surface area contributed by atoms with Gasteiger partial charge >= 0.3 is 0 Å². The second kappa shape index (κ2) is 11.0. The molecule has 6 nitrogen and oxygen atoms in total. The van der Waals surface area contributed by atoms with E-state index >= 15 is 0 Å². The lowest BCUT2D eigenvalue weighted by molar-refractivity contribution is -0.140. The number of aromatic amines is 1. The van der Waals surface area contributed by atoms with E-state index in [4.69, 9.17) is 0 Å². The van der Waals surface area contributed by atoms with Crippen LogP contribution in [0.5, 0.6) is 0 Å². The highest BCUT2D eigenvalue weighted by Crippen LogP contribution is 2.19. The Kier molecular flexibility index (Phi) is 8.15. The summed E-state index contributed by atoms with van der Waals surface area (Å²) < 4.78 is 0. The molecule has 0 spiro atoms. The lowest BCUT2D eigenvalue weighted by Crippen LogP contribution is -2.43. The number of anilines is 1. The molecule has 1 aromatic heterocycles. The summed E-state index contributed by atoms with van der Waals surface area (Å²) in [6.45, 7) is 7.44. The van der Waals surface area contributed by atoms with E-state index in [-0.39, 0.29) is 18.4 Å². The molecular formula is C27H36N4O2. The molecule has 2 aromatic carbocycles. The van der Waals surface area contributed by atoms with E-state index in [0.29, 0.717) is 25.6 Å². The Morgan fingerprint density at radius 2 is 1.67 bits per heavy atom. The zero-order valence-corrected chi connectivity index (χ0v) is 20.5. The predicted molar refractivity (Wildman–Crippen MR) is 135 cm³/mol. The summed E-state index contributed by atoms with van der Waals surface area (Å²) in [5.74, 6) is 0.214. The monoisotopic (exact) mass is 448 g/mol. The van der Waals surface area contributed by atoms with Crippen molar-refractivity contribution in [3.63, 3.8) is 0 Å². The van der Waals surface area contributed by atoms with Crippen LogP contribution in [-0.2, 0) is 22.6 Å². The summed E-state index contributed by atoms with van der Waals surface area (Å²) in [7, 11) is 4.02. The van der Waals surface area contributed by atoms with Gasteiger partial charge in [0.2, 0.25) is 11.8 Å². The third kappa shape index (κ3) is 6.60. The maximum absolute atomic E-state index is 13.4. The van der Waals surface area contributed by atoms with Gasteiger partial charge in [-0.1, -0.05) is 44.2 Å². The van der Waals surface area contributed by atoms with E-state index in [1.54, 1.807) is 4.90 Å². The Labute approximate surface area is 197 Å². The summed E-state index contributed by atoms with van der Waals surface area (Å²) in [5, 5.41) is 1.19. The van der Waals surface area contributed by atoms with Crippen molar-refractivity contribution < 1.29 is 9.59 Å². The standard InChI is InChI=1S/C27H36N4O2/c1-20(2)17-31(21(3)32)19-27(33)30(18-22-10-12-24(13-11-22)29(4)5)15-14-23-16-28-26-9-7-6-8-25(23)26/h6-13,16,20,28H,14-15,17-19H2,1-5H3. The van der Waals surface area contributed by atoms with Gasteiger partial charge < -0.3 is 19.7 Å². The minimum Gasteiger partial charge on any atom is -0.378 e. The van der Waals surface area contributed by atoms with Crippen LogP contribution in [0.25, 0.3) is 10.9 Å². The molecule has 0 radical (unpaired) electrons. The first-order valence-electron chi connectivity index (χ1n) is 11.6. The lowest BCUT2D eigenvalue weighted by atomic mass is 10.1. The van der Waals surface area contributed by atoms with Crippen molar-refractivity contribution in [1.29, 1.82) is 0 Å². The van der Waals surface area contributed by atoms with Crippen molar-refractivity contribution >= 4 is 28.4 Å². The second-order valence-corrected chi connectivity index (χ2v) is 9.28. The van der Waals surface area contributed by atoms with Gasteiger partial charge in [-0.3, -0.25) is 9.59 Å². The highest BCUT2D eigenvalue weighted by Gasteiger charge is 2.21. The van der Waals surface area contributed by atoms with E-state index in [2.05, 4.69) is 60.1 Å². The molecule has 33 heavy (non-hydrogen) atoms. The van der Waals surface area contributed by atoms with Crippen molar-refractivity contribution in [2.24, 2.45) is 5.92 Å². The average Bonchev–Trinajstić information content (AvgIpc) is 3.19. The van der Waals surface area contributed by atoms with Crippen molar-refractivity contribution in [1.82, 2.24) is 14.8 Å². The SMILES string of the molecule is CC(=O)N(CC(=O)N(CCc1c[nH]c2ccccc12)Cc1ccc(N(C)C)cc1)CC(C)C. The molecule has 6 heteroatoms. The minimum absolute atomic E-state index is 0.0256. The molecule has 0 unspecified atom stereocenters. The summed E-state index contributed by atoms with van der Waals surface area (Å²) in [5.41, 5.74) is 4.49. The van der Waals surface area contributed by atoms with Crippen LogP contribution in [0.4, 0.5) is 5.69 Å². The number of hydrogen-bond acceptors (Lipinski definition) is 3. The normalized spacial score (nSPS) is 11.1. The van der Waals surface area contributed by atoms with Crippen molar-refractivity contribution in [3.05, 3.63) is 65.9 Å². The molecule has 0 fully saturated rings. The quantitative estimate of drug-likeness (QED) is 0.503. The summed E-state index contributed by atoms with van der Waals surface area (Å²) in [4.78, 5) is 34.4. The molecule has 0 saturated heterocycles. The maximum Gasteiger partial charge on any atom is 0.242 e. The second-order valence-electron chi connectivity index (χ2n) is 9.28. The van der Waals surface area contributed by atoms with Crippen LogP contribution < -0.4 is 4.90 Å². The van der Waals surface area contributed by atoms with Crippen LogP contribution in [0.15, 0.2) is 54.7 Å². The number of rotatable bonds is 10. The predicted octanol–water partition coefficient (Wildman–Crippen LogP) is 4.31. The first-order valence-corrected chi connectivity index (χ1v) is 11.6. The number of aromatic nitrogens is 1. The van der Waals surface area contributed by atoms with E-state index in [1.165, 1.54) is 17.9 Å². The Hall–Kier alpha value is -3.28. The van der Waals surface area contributed by atoms with Gasteiger partial charge in [-0.05, 0) is 41.7 Å². The fraction of sp³-hybridized carbons (Fsp3) is 0.407. The Morgan fingerprint density at radius 3 is 2.30 bits per heavy atom. The van der Waals surface area contributed by atoms with Crippen LogP contribution in [0.2, 0.25) is 0 Å². The van der Waals surface area contributed by atoms with E-state index in [1.807, 2.05) is 37.3 Å². The third-order valence-electron chi connectivity index (χ3n) is 5.86. The fourth-order valence-electron chi connectivity index (χ4n) is 4.01. The topological polar surface area (TPSA) is 59.7 Å². The van der Waals surface area contributed by atoms with Gasteiger partial charge in [-0.2, -0.15) is 0 Å². The van der Waals surface area contributed by atoms with Gasteiger partial charge in [-0.15, -0.1) is 0 Å². The fourth-order valence-corrected chi connectivity index (χ4v) is 4.01. The Morgan fingerprint density at radius 1 is 0.970 bits per heavy atom. The molecular weight excluding hydrogens is 412 g/mol. The molecule has 0 bridgehead atoms. The first kappa shape index (κ1) is 24.4. The largest absolute Gasteiger partial charge is 0.378 e. The molecule has 0 saturated carbocycles. The number of hydrogen-bond donors (Lipinski definition) is 1. The number of benzene rings is 2. The van der Waals surface area contributed by atoms with Gasteiger partial charge in [0.1, 0.15) is 0 Å². The summed E-state index contributed by atoms with van der Waals surface area (Å²) in [6, 6.07) is 16.5. The van der Waals surface area contributed by atoms with Gasteiger partial charge in [0.25, 0.3) is 0 Å². The number of fused-ring (bicyclic) bond motifs is 1. The molecule has 3 rings (SSSR count). The van der Waals surface area contributed by atoms with Gasteiger partial charge in [0.05, 0.1) is 6.54 Å². The number of carbonyl (C=O) groups is 2. The van der Waals surface area contributed by atoms with Crippen LogP contribution in [0.1, 0.15) is 31.9 Å². The molecule has 0 aliphatic carbocycles. The summed E-state index contributed by atoms with van der Waals surface area (Å²) in [6.07, 6.45) is 2.77. The number of H-pyrrole nitrogens is 1. The zero-order valence-electron chi connectivity index (χ0n) is 20.5. The highest BCUT2D eigenvalue weighted by molar-refractivity contribution is 5.85. The number of carbonyl (C=O) groups excluding carboxylic acids is 2. The van der Waals surface area contributed by atoms with Crippen molar-refractivity contribution in [2.75, 3.05) is 38.6 Å². The van der Waals surface area contributed by atoms with Crippen molar-refractivity contribution in [2.45, 2.75) is 33.7 Å². The van der Waals surface area contributed by atoms with Gasteiger partial charge in [-0.25, -0.2) is 0 Å². The third-order valence-corrected chi connectivity index (χ3v) is 5.86. The van der Waals surface area contributed by atoms with Crippen LogP contribution in [0.3, 0.4) is 0 Å². The molecule has 0 aliphatic rings. The first-order chi connectivity index (χ1) is 15.7. The molecule has 1 heterocycles. The molecule has 3 aromatic rings. The van der Waals surface area contributed by atoms with Gasteiger partial charge in [0, 0.05) is 63.4 Å². The van der Waals surface area contributed by atoms with Gasteiger partial charge in [0.15, 0.2) is 0 Å². The molecule has 2 amide bonds. The van der Waals surface area contributed by atoms with E-state index < -0.39 is 0 Å². The molecule has 176 valence electrons. The number of nitrogens with one attached hydrogen (secondary N) is 1. The number of para-hydroxylation sites is 1. The average molecular weight is 449 g/mol. The number of amides is 2. The lowest BCUT2D eigenvalue weighted by Gasteiger charge is -2.28. The number of nitrogens with zero attached hydrogens (tertiary/aromatic N) is 3. The van der Waals surface area contributed by atoms with Crippen LogP contribution >= 0.6 is 0 Å². The Balaban J connectivity index is 1.78. The zero-order chi connectivity index (χ0) is 24.0. The maximum atomic E-state index is 13.4. The molecule has 1 N–H and O–H groups in total. The van der Waals surface area contributed by atoms with Crippen molar-refractivity contribution in [3.8, 4) is 0 Å². The minimum atomic E-state index is -0.0658. The van der Waals surface area contributed by atoms with Crippen LogP contribution in [0, 0.1) is 5.92 Å². The van der Waals surface area contributed by atoms with Crippen LogP contribution in [-0.4, -0.2) is 60.3 Å². The highest BCUT2D eigenvalue weighted by atomic mass is 16.2. The summed E-state index contributed by atoms with van der Waals surface area (Å²) >= 11 is 0. The van der Waals surface area contributed by atoms with E-state index in [9.17, 15) is 9.59 Å². The van der Waals surface area contributed by atoms with E-state index in [0.717, 1.165) is 23.2 Å². The molecule has 0 atom stereocenters.